The van der Waals surface area contributed by atoms with Gasteiger partial charge in [0, 0.05) is 55.1 Å². The predicted molar refractivity (Wildman–Crippen MR) is 169 cm³/mol. The van der Waals surface area contributed by atoms with Crippen molar-refractivity contribution in [2.75, 3.05) is 19.6 Å². The van der Waals surface area contributed by atoms with E-state index in [9.17, 15) is 15.0 Å². The zero-order valence-corrected chi connectivity index (χ0v) is 25.3. The van der Waals surface area contributed by atoms with Gasteiger partial charge in [0.1, 0.15) is 0 Å². The molecule has 4 aromatic rings. The average Bonchev–Trinajstić information content (AvgIpc) is 3.52. The third-order valence-corrected chi connectivity index (χ3v) is 10.3. The Morgan fingerprint density at radius 3 is 2.53 bits per heavy atom. The van der Waals surface area contributed by atoms with Gasteiger partial charge in [-0.3, -0.25) is 4.79 Å². The topological polar surface area (TPSA) is 79.8 Å². The van der Waals surface area contributed by atoms with Crippen LogP contribution in [0.25, 0.3) is 0 Å². The number of rotatable bonds is 10. The van der Waals surface area contributed by atoms with Gasteiger partial charge >= 0.3 is 0 Å². The largest absolute Gasteiger partial charge is 0.504 e. The van der Waals surface area contributed by atoms with Crippen molar-refractivity contribution in [1.82, 2.24) is 9.55 Å². The highest BCUT2D eigenvalue weighted by Crippen LogP contribution is 2.36. The molecular weight excluding hydrogens is 534 g/mol. The first kappa shape index (κ1) is 29.2. The number of phenols is 2. The molecule has 0 radical (unpaired) electrons. The summed E-state index contributed by atoms with van der Waals surface area (Å²) >= 11 is 0. The molecule has 1 fully saturated rings. The molecule has 1 aliphatic heterocycles. The SMILES string of the molecule is CCC1(c2ccccc2)CC[NH+](CCC(Cn2ccnc2C(=O)c2cccc3c2CCCC3)c2ccc(O)c(O)c2)CC1. The fourth-order valence-corrected chi connectivity index (χ4v) is 7.52. The number of fused-ring (bicyclic) bond motifs is 1. The van der Waals surface area contributed by atoms with Gasteiger partial charge in [-0.25, -0.2) is 4.98 Å². The van der Waals surface area contributed by atoms with E-state index in [1.807, 2.05) is 29.0 Å². The molecule has 1 unspecified atom stereocenters. The zero-order chi connectivity index (χ0) is 29.8. The summed E-state index contributed by atoms with van der Waals surface area (Å²) in [5.74, 6) is 0.272. The lowest BCUT2D eigenvalue weighted by molar-refractivity contribution is -0.907. The van der Waals surface area contributed by atoms with E-state index in [0.29, 0.717) is 12.4 Å². The summed E-state index contributed by atoms with van der Waals surface area (Å²) in [7, 11) is 0. The first-order valence-corrected chi connectivity index (χ1v) is 16.0. The predicted octanol–water partition coefficient (Wildman–Crippen LogP) is 5.60. The molecule has 1 atom stereocenters. The standard InChI is InChI=1S/C37H43N3O3/c1-2-37(30-11-4-3-5-12-30)18-22-39(23-19-37)21-17-29(28-15-16-33(41)34(42)25-28)26-40-24-20-38-36(40)35(43)32-14-8-10-27-9-6-7-13-31(27)32/h3-5,8,10-12,14-16,20,24-25,29,41-42H,2,6-7,9,13,17-19,21-23,26H2,1H3/p+1. The maximum absolute atomic E-state index is 13.9. The van der Waals surface area contributed by atoms with E-state index in [1.165, 1.54) is 36.0 Å². The normalized spacial score (nSPS) is 20.8. The molecule has 1 aromatic heterocycles. The van der Waals surface area contributed by atoms with Crippen molar-refractivity contribution in [1.29, 1.82) is 0 Å². The number of phenolic OH excluding ortho intramolecular Hbond substituents is 2. The van der Waals surface area contributed by atoms with E-state index in [-0.39, 0.29) is 28.6 Å². The van der Waals surface area contributed by atoms with Crippen LogP contribution in [0.5, 0.6) is 11.5 Å². The number of aromatic nitrogens is 2. The van der Waals surface area contributed by atoms with Crippen molar-refractivity contribution >= 4 is 5.78 Å². The Hall–Kier alpha value is -3.90. The molecule has 0 amide bonds. The Balaban J connectivity index is 1.20. The van der Waals surface area contributed by atoms with Crippen LogP contribution in [0.2, 0.25) is 0 Å². The van der Waals surface area contributed by atoms with Crippen molar-refractivity contribution in [2.24, 2.45) is 0 Å². The first-order valence-electron chi connectivity index (χ1n) is 16.0. The van der Waals surface area contributed by atoms with Crippen LogP contribution in [-0.4, -0.2) is 45.2 Å². The molecule has 0 bridgehead atoms. The van der Waals surface area contributed by atoms with Crippen LogP contribution in [0.4, 0.5) is 0 Å². The molecule has 0 saturated carbocycles. The number of benzene rings is 3. The Bertz CT molecular complexity index is 1550. The fourth-order valence-electron chi connectivity index (χ4n) is 7.52. The molecule has 224 valence electrons. The van der Waals surface area contributed by atoms with Crippen molar-refractivity contribution < 1.29 is 19.9 Å². The number of nitrogens with one attached hydrogen (secondary N) is 1. The Labute approximate surface area is 255 Å². The molecule has 1 saturated heterocycles. The number of nitrogens with zero attached hydrogens (tertiary/aromatic N) is 2. The quantitative estimate of drug-likeness (QED) is 0.169. The third kappa shape index (κ3) is 6.12. The van der Waals surface area contributed by atoms with E-state index < -0.39 is 0 Å². The van der Waals surface area contributed by atoms with E-state index in [0.717, 1.165) is 62.9 Å². The minimum absolute atomic E-state index is 0.0190. The molecule has 6 rings (SSSR count). The fraction of sp³-hybridized carbons (Fsp3) is 0.405. The van der Waals surface area contributed by atoms with Gasteiger partial charge in [0.2, 0.25) is 5.78 Å². The first-order chi connectivity index (χ1) is 21.0. The number of piperidine rings is 1. The van der Waals surface area contributed by atoms with Crippen molar-refractivity contribution in [2.45, 2.75) is 76.2 Å². The van der Waals surface area contributed by atoms with Crippen LogP contribution in [0, 0.1) is 0 Å². The number of hydrogen-bond donors (Lipinski definition) is 3. The number of aryl methyl sites for hydroxylation is 1. The van der Waals surface area contributed by atoms with E-state index >= 15 is 0 Å². The molecule has 2 heterocycles. The summed E-state index contributed by atoms with van der Waals surface area (Å²) in [5, 5.41) is 20.4. The highest BCUT2D eigenvalue weighted by Gasteiger charge is 2.36. The van der Waals surface area contributed by atoms with Gasteiger partial charge in [0.25, 0.3) is 0 Å². The van der Waals surface area contributed by atoms with Crippen LogP contribution in [0.15, 0.2) is 79.1 Å². The number of imidazole rings is 1. The van der Waals surface area contributed by atoms with E-state index in [4.69, 9.17) is 0 Å². The molecule has 6 nitrogen and oxygen atoms in total. The molecule has 2 aliphatic rings. The van der Waals surface area contributed by atoms with Gasteiger partial charge in [0.05, 0.1) is 19.6 Å². The second kappa shape index (κ2) is 12.8. The number of quaternary nitrogens is 1. The van der Waals surface area contributed by atoms with Gasteiger partial charge in [-0.2, -0.15) is 0 Å². The van der Waals surface area contributed by atoms with Crippen molar-refractivity contribution in [3.05, 3.63) is 113 Å². The summed E-state index contributed by atoms with van der Waals surface area (Å²) in [4.78, 5) is 20.0. The smallest absolute Gasteiger partial charge is 0.228 e. The lowest BCUT2D eigenvalue weighted by atomic mass is 9.71. The zero-order valence-electron chi connectivity index (χ0n) is 25.3. The summed E-state index contributed by atoms with van der Waals surface area (Å²) < 4.78 is 1.99. The van der Waals surface area contributed by atoms with Gasteiger partial charge in [-0.1, -0.05) is 61.5 Å². The minimum atomic E-state index is -0.117. The molecule has 43 heavy (non-hydrogen) atoms. The molecular formula is C37H44N3O3+. The second-order valence-corrected chi connectivity index (χ2v) is 12.6. The lowest BCUT2D eigenvalue weighted by Crippen LogP contribution is -3.13. The lowest BCUT2D eigenvalue weighted by Gasteiger charge is -2.40. The Morgan fingerprint density at radius 2 is 1.77 bits per heavy atom. The summed E-state index contributed by atoms with van der Waals surface area (Å²) in [5.41, 5.74) is 5.93. The van der Waals surface area contributed by atoms with Gasteiger partial charge < -0.3 is 19.7 Å². The maximum atomic E-state index is 13.9. The van der Waals surface area contributed by atoms with Gasteiger partial charge in [-0.15, -0.1) is 0 Å². The molecule has 6 heteroatoms. The number of carbonyl (C=O) groups excluding carboxylic acids is 1. The van der Waals surface area contributed by atoms with Gasteiger partial charge in [0.15, 0.2) is 17.3 Å². The number of hydrogen-bond acceptors (Lipinski definition) is 4. The van der Waals surface area contributed by atoms with Crippen LogP contribution < -0.4 is 4.90 Å². The number of ketones is 1. The summed E-state index contributed by atoms with van der Waals surface area (Å²) in [6, 6.07) is 22.2. The summed E-state index contributed by atoms with van der Waals surface area (Å²) in [6.07, 6.45) is 12.3. The number of aromatic hydroxyl groups is 2. The number of likely N-dealkylation sites (tertiary alicyclic amines) is 1. The highest BCUT2D eigenvalue weighted by atomic mass is 16.3. The molecule has 3 N–H and O–H groups in total. The van der Waals surface area contributed by atoms with Crippen LogP contribution in [-0.2, 0) is 24.8 Å². The highest BCUT2D eigenvalue weighted by molar-refractivity contribution is 6.08. The van der Waals surface area contributed by atoms with Crippen molar-refractivity contribution in [3.8, 4) is 11.5 Å². The third-order valence-electron chi connectivity index (χ3n) is 10.3. The Kier molecular flexibility index (Phi) is 8.66. The minimum Gasteiger partial charge on any atom is -0.504 e. The molecule has 3 aromatic carbocycles. The second-order valence-electron chi connectivity index (χ2n) is 12.6. The Morgan fingerprint density at radius 1 is 0.977 bits per heavy atom. The molecule has 1 aliphatic carbocycles. The van der Waals surface area contributed by atoms with Crippen LogP contribution >= 0.6 is 0 Å². The number of carbonyl (C=O) groups is 1. The van der Waals surface area contributed by atoms with Crippen LogP contribution in [0.1, 0.15) is 89.8 Å². The maximum Gasteiger partial charge on any atom is 0.228 e. The van der Waals surface area contributed by atoms with Crippen LogP contribution in [0.3, 0.4) is 0 Å². The molecule has 0 spiro atoms. The van der Waals surface area contributed by atoms with E-state index in [2.05, 4.69) is 48.3 Å². The van der Waals surface area contributed by atoms with Gasteiger partial charge in [-0.05, 0) is 66.5 Å². The van der Waals surface area contributed by atoms with Crippen molar-refractivity contribution in [3.63, 3.8) is 0 Å². The monoisotopic (exact) mass is 578 g/mol. The summed E-state index contributed by atoms with van der Waals surface area (Å²) in [6.45, 7) is 6.16. The average molecular weight is 579 g/mol. The van der Waals surface area contributed by atoms with E-state index in [1.54, 1.807) is 23.2 Å².